The zero-order valence-electron chi connectivity index (χ0n) is 62.1. The Labute approximate surface area is 602 Å². The molecule has 0 aliphatic heterocycles. The van der Waals surface area contributed by atoms with E-state index in [0.717, 1.165) is 154 Å². The first-order chi connectivity index (χ1) is 48.2. The van der Waals surface area contributed by atoms with E-state index in [9.17, 15) is 43.5 Å². The minimum Gasteiger partial charge on any atom is -0.463 e. The van der Waals surface area contributed by atoms with E-state index in [1.165, 1.54) is 103 Å². The largest absolute Gasteiger partial charge is 0.472 e. The minimum absolute atomic E-state index is 0.105. The zero-order valence-corrected chi connectivity index (χ0v) is 63.9. The van der Waals surface area contributed by atoms with Crippen molar-refractivity contribution >= 4 is 33.6 Å². The SMILES string of the molecule is CC/C=C\C/C=C\C/C=C\C/C=C\C/C=C\C/C=C\CCCCCCCCC(=O)OCC(O)COP(=O)(O)OCC(O)COP(=O)(O)OCC(COC(=O)CCCCCCCCCCC/C=C\C/C=C\C/C=C\C/C=C\CCCCC)OC(=O)CCCCCCCCCCCCCCC. The lowest BCUT2D eigenvalue weighted by Crippen LogP contribution is -2.30. The van der Waals surface area contributed by atoms with Gasteiger partial charge in [0.2, 0.25) is 0 Å². The lowest BCUT2D eigenvalue weighted by Gasteiger charge is -2.21. The average molecular weight is 1430 g/mol. The van der Waals surface area contributed by atoms with E-state index in [-0.39, 0.29) is 19.3 Å². The molecule has 5 atom stereocenters. The van der Waals surface area contributed by atoms with Gasteiger partial charge >= 0.3 is 33.6 Å². The van der Waals surface area contributed by atoms with Crippen LogP contribution in [0.5, 0.6) is 0 Å². The number of ether oxygens (including phenoxy) is 3. The minimum atomic E-state index is -4.93. The smallest absolute Gasteiger partial charge is 0.463 e. The number of unbranched alkanes of at least 4 members (excludes halogenated alkanes) is 30. The molecule has 18 heteroatoms. The highest BCUT2D eigenvalue weighted by Gasteiger charge is 2.29. The number of carbonyl (C=O) groups is 3. The predicted octanol–water partition coefficient (Wildman–Crippen LogP) is 22.5. The molecule has 0 aliphatic carbocycles. The Morgan fingerprint density at radius 2 is 0.535 bits per heavy atom. The van der Waals surface area contributed by atoms with Crippen molar-refractivity contribution in [3.8, 4) is 0 Å². The van der Waals surface area contributed by atoms with E-state index in [1.54, 1.807) is 0 Å². The van der Waals surface area contributed by atoms with Gasteiger partial charge in [-0.15, -0.1) is 0 Å². The van der Waals surface area contributed by atoms with Gasteiger partial charge in [-0.25, -0.2) is 9.13 Å². The summed E-state index contributed by atoms with van der Waals surface area (Å²) in [5, 5.41) is 20.6. The number of phosphoric ester groups is 2. The summed E-state index contributed by atoms with van der Waals surface area (Å²) < 4.78 is 61.1. The van der Waals surface area contributed by atoms with Gasteiger partial charge in [0.1, 0.15) is 25.4 Å². The summed E-state index contributed by atoms with van der Waals surface area (Å²) in [7, 11) is -9.79. The van der Waals surface area contributed by atoms with E-state index in [4.69, 9.17) is 32.3 Å². The lowest BCUT2D eigenvalue weighted by atomic mass is 10.0. The van der Waals surface area contributed by atoms with Crippen molar-refractivity contribution in [1.29, 1.82) is 0 Å². The second-order valence-electron chi connectivity index (χ2n) is 25.8. The average Bonchev–Trinajstić information content (AvgIpc) is 1.37. The van der Waals surface area contributed by atoms with Gasteiger partial charge in [-0.05, 0) is 116 Å². The van der Waals surface area contributed by atoms with Gasteiger partial charge in [0.25, 0.3) is 0 Å². The van der Waals surface area contributed by atoms with Crippen LogP contribution in [0.1, 0.15) is 316 Å². The highest BCUT2D eigenvalue weighted by molar-refractivity contribution is 7.47. The third-order valence-corrected chi connectivity index (χ3v) is 18.1. The van der Waals surface area contributed by atoms with Crippen molar-refractivity contribution in [2.45, 2.75) is 334 Å². The maximum absolute atomic E-state index is 13.0. The standard InChI is InChI=1S/C81H140O16P2/c1-4-7-10-13-16-19-22-25-27-29-31-33-35-37-39-41-43-45-47-50-52-55-58-61-64-67-79(84)91-70-76(82)71-93-98(87,88)94-72-77(83)73-95-99(89,90)96-75-78(97-81(86)69-66-63-60-57-54-49-24-21-18-15-12-9-6-3)74-92-80(85)68-65-62-59-56-53-51-48-46-44-42-40-38-36-34-32-30-28-26-23-20-17-14-11-8-5-2/h7,10,16-17,19-20,25-28,31-34,37-40,43,45,76-78,82-83H,4-6,8-9,11-15,18,21-24,29-30,35-36,41-42,44,46-75H2,1-3H3,(H,87,88)(H,89,90)/b10-7-,19-16-,20-17-,27-25-,28-26-,33-31-,34-32-,39-37-,40-38-,45-43-. The fourth-order valence-corrected chi connectivity index (χ4v) is 11.8. The first kappa shape index (κ1) is 94.9. The molecule has 0 bridgehead atoms. The number of phosphoric acid groups is 2. The van der Waals surface area contributed by atoms with E-state index in [2.05, 4.69) is 142 Å². The number of esters is 3. The molecule has 5 unspecified atom stereocenters. The summed E-state index contributed by atoms with van der Waals surface area (Å²) in [4.78, 5) is 58.6. The van der Waals surface area contributed by atoms with Gasteiger partial charge < -0.3 is 34.2 Å². The van der Waals surface area contributed by atoms with Gasteiger partial charge in [-0.1, -0.05) is 303 Å². The topological polar surface area (TPSA) is 231 Å². The van der Waals surface area contributed by atoms with Gasteiger partial charge in [0.15, 0.2) is 6.10 Å². The van der Waals surface area contributed by atoms with Crippen molar-refractivity contribution in [2.24, 2.45) is 0 Å². The number of allylic oxidation sites excluding steroid dienone is 20. The van der Waals surface area contributed by atoms with Crippen LogP contribution in [-0.4, -0.2) is 95.9 Å². The highest BCUT2D eigenvalue weighted by Crippen LogP contribution is 2.45. The Kier molecular flexibility index (Phi) is 70.7. The molecule has 0 aliphatic rings. The van der Waals surface area contributed by atoms with Gasteiger partial charge in [0, 0.05) is 19.3 Å². The molecule has 0 heterocycles. The molecule has 0 rings (SSSR count). The number of hydrogen-bond acceptors (Lipinski definition) is 14. The van der Waals surface area contributed by atoms with Gasteiger partial charge in [-0.2, -0.15) is 0 Å². The summed E-state index contributed by atoms with van der Waals surface area (Å²) in [6.07, 6.45) is 86.7. The third-order valence-electron chi connectivity index (χ3n) is 16.2. The van der Waals surface area contributed by atoms with E-state index in [0.29, 0.717) is 19.3 Å². The Morgan fingerprint density at radius 1 is 0.293 bits per heavy atom. The molecule has 0 saturated carbocycles. The molecular weight excluding hydrogens is 1290 g/mol. The molecule has 0 aromatic carbocycles. The Balaban J connectivity index is 4.58. The first-order valence-electron chi connectivity index (χ1n) is 38.8. The number of aliphatic hydroxyl groups excluding tert-OH is 2. The third kappa shape index (κ3) is 74.9. The molecule has 0 fully saturated rings. The fourth-order valence-electron chi connectivity index (χ4n) is 10.3. The lowest BCUT2D eigenvalue weighted by molar-refractivity contribution is -0.161. The summed E-state index contributed by atoms with van der Waals surface area (Å²) in [6.45, 7) is 2.53. The van der Waals surface area contributed by atoms with Crippen molar-refractivity contribution in [2.75, 3.05) is 39.6 Å². The van der Waals surface area contributed by atoms with Crippen LogP contribution in [0.4, 0.5) is 0 Å². The molecule has 4 N–H and O–H groups in total. The maximum Gasteiger partial charge on any atom is 0.472 e. The predicted molar refractivity (Wildman–Crippen MR) is 408 cm³/mol. The summed E-state index contributed by atoms with van der Waals surface area (Å²) in [5.41, 5.74) is 0. The van der Waals surface area contributed by atoms with Crippen LogP contribution in [0.15, 0.2) is 122 Å². The van der Waals surface area contributed by atoms with Crippen LogP contribution >= 0.6 is 15.6 Å². The molecule has 0 aromatic rings. The van der Waals surface area contributed by atoms with Gasteiger partial charge in [0.05, 0.1) is 26.4 Å². The molecule has 0 saturated heterocycles. The van der Waals surface area contributed by atoms with E-state index < -0.39 is 91.5 Å². The molecule has 0 aromatic heterocycles. The quantitative estimate of drug-likeness (QED) is 0.0146. The van der Waals surface area contributed by atoms with Crippen LogP contribution in [0.3, 0.4) is 0 Å². The number of aliphatic hydroxyl groups is 2. The van der Waals surface area contributed by atoms with Crippen LogP contribution < -0.4 is 0 Å². The summed E-state index contributed by atoms with van der Waals surface area (Å²) in [5.74, 6) is -1.59. The molecule has 16 nitrogen and oxygen atoms in total. The van der Waals surface area contributed by atoms with Crippen molar-refractivity contribution in [3.05, 3.63) is 122 Å². The van der Waals surface area contributed by atoms with Crippen LogP contribution in [-0.2, 0) is 55.8 Å². The molecule has 0 amide bonds. The van der Waals surface area contributed by atoms with Crippen molar-refractivity contribution < 1.29 is 75.8 Å². The van der Waals surface area contributed by atoms with Gasteiger partial charge in [-0.3, -0.25) is 32.5 Å². The maximum atomic E-state index is 13.0. The highest BCUT2D eigenvalue weighted by atomic mass is 31.2. The van der Waals surface area contributed by atoms with Crippen LogP contribution in [0, 0.1) is 0 Å². The number of rotatable bonds is 73. The molecule has 0 spiro atoms. The van der Waals surface area contributed by atoms with Crippen LogP contribution in [0.25, 0.3) is 0 Å². The molecule has 0 radical (unpaired) electrons. The number of carbonyl (C=O) groups excluding carboxylic acids is 3. The first-order valence-corrected chi connectivity index (χ1v) is 41.8. The Bertz CT molecular complexity index is 2290. The zero-order chi connectivity index (χ0) is 72.3. The monoisotopic (exact) mass is 1430 g/mol. The second-order valence-corrected chi connectivity index (χ2v) is 28.7. The van der Waals surface area contributed by atoms with Crippen molar-refractivity contribution in [1.82, 2.24) is 0 Å². The summed E-state index contributed by atoms with van der Waals surface area (Å²) in [6, 6.07) is 0. The normalized spacial score (nSPS) is 14.7. The second kappa shape index (κ2) is 73.7. The van der Waals surface area contributed by atoms with Crippen LogP contribution in [0.2, 0.25) is 0 Å². The van der Waals surface area contributed by atoms with E-state index in [1.807, 2.05) is 0 Å². The molecular formula is C81H140O16P2. The fraction of sp³-hybridized carbons (Fsp3) is 0.716. The molecule has 570 valence electrons. The molecule has 99 heavy (non-hydrogen) atoms. The van der Waals surface area contributed by atoms with Crippen molar-refractivity contribution in [3.63, 3.8) is 0 Å². The number of hydrogen-bond donors (Lipinski definition) is 4. The Hall–Kier alpha value is -4.05. The Morgan fingerprint density at radius 3 is 0.869 bits per heavy atom. The summed E-state index contributed by atoms with van der Waals surface area (Å²) >= 11 is 0. The van der Waals surface area contributed by atoms with E-state index >= 15 is 0 Å².